The molecule has 0 spiro atoms. The number of aryl methyl sites for hydroxylation is 2. The summed E-state index contributed by atoms with van der Waals surface area (Å²) in [5.41, 5.74) is 2.98. The van der Waals surface area contributed by atoms with Crippen LogP contribution >= 0.6 is 15.9 Å². The summed E-state index contributed by atoms with van der Waals surface area (Å²) in [5.74, 6) is 0.625. The summed E-state index contributed by atoms with van der Waals surface area (Å²) in [6.07, 6.45) is 0. The number of carbonyl (C=O) groups excluding carboxylic acids is 2. The van der Waals surface area contributed by atoms with Gasteiger partial charge in [0.1, 0.15) is 11.8 Å². The van der Waals surface area contributed by atoms with E-state index in [9.17, 15) is 9.59 Å². The minimum Gasteiger partial charge on any atom is -0.483 e. The first-order valence-corrected chi connectivity index (χ1v) is 11.0. The summed E-state index contributed by atoms with van der Waals surface area (Å²) < 4.78 is 6.78. The van der Waals surface area contributed by atoms with Crippen LogP contribution in [-0.2, 0) is 16.1 Å². The molecule has 0 saturated carbocycles. The third-order valence-electron chi connectivity index (χ3n) is 4.81. The first-order valence-electron chi connectivity index (χ1n) is 10.2. The van der Waals surface area contributed by atoms with E-state index in [1.165, 1.54) is 0 Å². The molecule has 0 aliphatic carbocycles. The third kappa shape index (κ3) is 7.17. The van der Waals surface area contributed by atoms with Gasteiger partial charge in [-0.05, 0) is 61.6 Å². The fourth-order valence-electron chi connectivity index (χ4n) is 2.91. The number of ether oxygens (including phenoxy) is 1. The lowest BCUT2D eigenvalue weighted by molar-refractivity contribution is -0.142. The average molecular weight is 475 g/mol. The number of hydrogen-bond acceptors (Lipinski definition) is 3. The highest BCUT2D eigenvalue weighted by Crippen LogP contribution is 2.20. The highest BCUT2D eigenvalue weighted by molar-refractivity contribution is 9.10. The van der Waals surface area contributed by atoms with Crippen molar-refractivity contribution in [1.82, 2.24) is 10.2 Å². The van der Waals surface area contributed by atoms with Gasteiger partial charge in [0.25, 0.3) is 5.91 Å². The van der Waals surface area contributed by atoms with Crippen LogP contribution in [0, 0.1) is 19.8 Å². The number of rotatable bonds is 9. The smallest absolute Gasteiger partial charge is 0.261 e. The Balaban J connectivity index is 2.15. The predicted octanol–water partition coefficient (Wildman–Crippen LogP) is 4.63. The van der Waals surface area contributed by atoms with E-state index in [1.807, 2.05) is 70.2 Å². The molecule has 0 aliphatic rings. The highest BCUT2D eigenvalue weighted by Gasteiger charge is 2.26. The molecule has 0 aromatic heterocycles. The van der Waals surface area contributed by atoms with E-state index in [0.717, 1.165) is 21.2 Å². The van der Waals surface area contributed by atoms with Gasteiger partial charge >= 0.3 is 0 Å². The Hall–Kier alpha value is -2.34. The quantitative estimate of drug-likeness (QED) is 0.575. The van der Waals surface area contributed by atoms with Gasteiger partial charge in [-0.1, -0.05) is 54.0 Å². The lowest BCUT2D eigenvalue weighted by Gasteiger charge is -2.29. The van der Waals surface area contributed by atoms with Crippen molar-refractivity contribution in [1.29, 1.82) is 0 Å². The second-order valence-corrected chi connectivity index (χ2v) is 8.94. The van der Waals surface area contributed by atoms with Crippen molar-refractivity contribution in [2.75, 3.05) is 13.2 Å². The third-order valence-corrected chi connectivity index (χ3v) is 5.34. The summed E-state index contributed by atoms with van der Waals surface area (Å²) in [4.78, 5) is 27.3. The van der Waals surface area contributed by atoms with Gasteiger partial charge in [0.15, 0.2) is 6.61 Å². The number of halogens is 1. The Kier molecular flexibility index (Phi) is 8.90. The van der Waals surface area contributed by atoms with Crippen LogP contribution in [0.15, 0.2) is 46.9 Å². The van der Waals surface area contributed by atoms with Crippen LogP contribution in [0.1, 0.15) is 37.5 Å². The lowest BCUT2D eigenvalue weighted by Crippen LogP contribution is -2.49. The van der Waals surface area contributed by atoms with E-state index in [2.05, 4.69) is 21.2 Å². The van der Waals surface area contributed by atoms with Gasteiger partial charge in [-0.15, -0.1) is 0 Å². The fraction of sp³-hybridized carbons (Fsp3) is 0.417. The molecule has 2 amide bonds. The summed E-state index contributed by atoms with van der Waals surface area (Å²) in [5, 5.41) is 2.92. The molecular formula is C24H31BrN2O3. The van der Waals surface area contributed by atoms with Crippen molar-refractivity contribution in [2.24, 2.45) is 5.92 Å². The van der Waals surface area contributed by atoms with E-state index in [-0.39, 0.29) is 18.4 Å². The second-order valence-electron chi connectivity index (χ2n) is 8.02. The molecule has 1 unspecified atom stereocenters. The molecule has 5 nitrogen and oxygen atoms in total. The second kappa shape index (κ2) is 11.2. The van der Waals surface area contributed by atoms with Crippen molar-refractivity contribution in [3.8, 4) is 5.75 Å². The minimum absolute atomic E-state index is 0.122. The van der Waals surface area contributed by atoms with E-state index < -0.39 is 6.04 Å². The van der Waals surface area contributed by atoms with Gasteiger partial charge in [0.05, 0.1) is 0 Å². The number of nitrogens with zero attached hydrogens (tertiary/aromatic N) is 1. The zero-order chi connectivity index (χ0) is 22.3. The van der Waals surface area contributed by atoms with E-state index in [4.69, 9.17) is 4.74 Å². The molecule has 0 bridgehead atoms. The van der Waals surface area contributed by atoms with Crippen molar-refractivity contribution in [2.45, 2.75) is 47.2 Å². The molecule has 2 aromatic rings. The Morgan fingerprint density at radius 1 is 1.07 bits per heavy atom. The monoisotopic (exact) mass is 474 g/mol. The van der Waals surface area contributed by atoms with Crippen molar-refractivity contribution >= 4 is 27.7 Å². The molecule has 2 aromatic carbocycles. The Morgan fingerprint density at radius 3 is 2.37 bits per heavy atom. The zero-order valence-electron chi connectivity index (χ0n) is 18.4. The lowest BCUT2D eigenvalue weighted by atomic mass is 10.1. The van der Waals surface area contributed by atoms with Crippen LogP contribution in [0.25, 0.3) is 0 Å². The number of amides is 2. The van der Waals surface area contributed by atoms with Gasteiger partial charge < -0.3 is 15.0 Å². The van der Waals surface area contributed by atoms with Crippen molar-refractivity contribution in [3.05, 3.63) is 63.6 Å². The summed E-state index contributed by atoms with van der Waals surface area (Å²) in [6.45, 7) is 10.5. The van der Waals surface area contributed by atoms with Gasteiger partial charge in [-0.2, -0.15) is 0 Å². The number of benzene rings is 2. The Morgan fingerprint density at radius 2 is 1.73 bits per heavy atom. The molecule has 162 valence electrons. The molecule has 30 heavy (non-hydrogen) atoms. The van der Waals surface area contributed by atoms with Crippen LogP contribution in [0.2, 0.25) is 0 Å². The van der Waals surface area contributed by atoms with Crippen LogP contribution in [-0.4, -0.2) is 35.9 Å². The SMILES string of the molecule is Cc1ccc(C)c(OCC(=O)N(Cc2ccc(Br)cc2)C(C)C(=O)NCC(C)C)c1. The highest BCUT2D eigenvalue weighted by atomic mass is 79.9. The molecule has 1 atom stereocenters. The Bertz CT molecular complexity index is 865. The first kappa shape index (κ1) is 23.9. The average Bonchev–Trinajstić information content (AvgIpc) is 2.71. The van der Waals surface area contributed by atoms with Gasteiger partial charge in [0, 0.05) is 17.6 Å². The topological polar surface area (TPSA) is 58.6 Å². The molecule has 0 fully saturated rings. The van der Waals surface area contributed by atoms with Gasteiger partial charge in [-0.3, -0.25) is 9.59 Å². The normalized spacial score (nSPS) is 11.8. The fourth-order valence-corrected chi connectivity index (χ4v) is 3.17. The molecule has 0 aliphatic heterocycles. The number of nitrogens with one attached hydrogen (secondary N) is 1. The molecule has 1 N–H and O–H groups in total. The van der Waals surface area contributed by atoms with Crippen molar-refractivity contribution in [3.63, 3.8) is 0 Å². The molecule has 0 radical (unpaired) electrons. The molecule has 2 rings (SSSR count). The summed E-state index contributed by atoms with van der Waals surface area (Å²) >= 11 is 3.43. The summed E-state index contributed by atoms with van der Waals surface area (Å²) in [6, 6.07) is 13.0. The van der Waals surface area contributed by atoms with Crippen LogP contribution in [0.3, 0.4) is 0 Å². The van der Waals surface area contributed by atoms with Crippen LogP contribution in [0.4, 0.5) is 0 Å². The van der Waals surface area contributed by atoms with Crippen molar-refractivity contribution < 1.29 is 14.3 Å². The summed E-state index contributed by atoms with van der Waals surface area (Å²) in [7, 11) is 0. The van der Waals surface area contributed by atoms with Gasteiger partial charge in [-0.25, -0.2) is 0 Å². The standard InChI is InChI=1S/C24H31BrN2O3/c1-16(2)13-26-24(29)19(5)27(14-20-8-10-21(25)11-9-20)23(28)15-30-22-12-17(3)6-7-18(22)4/h6-12,16,19H,13-15H2,1-5H3,(H,26,29). The van der Waals surface area contributed by atoms with E-state index in [1.54, 1.807) is 11.8 Å². The predicted molar refractivity (Wildman–Crippen MR) is 123 cm³/mol. The van der Waals surface area contributed by atoms with Crippen LogP contribution in [0.5, 0.6) is 5.75 Å². The maximum atomic E-state index is 13.1. The Labute approximate surface area is 187 Å². The molecule has 6 heteroatoms. The van der Waals surface area contributed by atoms with Gasteiger partial charge in [0.2, 0.25) is 5.91 Å². The number of hydrogen-bond donors (Lipinski definition) is 1. The number of carbonyl (C=O) groups is 2. The molecule has 0 saturated heterocycles. The largest absolute Gasteiger partial charge is 0.483 e. The zero-order valence-corrected chi connectivity index (χ0v) is 20.0. The van der Waals surface area contributed by atoms with E-state index >= 15 is 0 Å². The minimum atomic E-state index is -0.609. The first-order chi connectivity index (χ1) is 14.2. The maximum Gasteiger partial charge on any atom is 0.261 e. The molecular weight excluding hydrogens is 444 g/mol. The maximum absolute atomic E-state index is 13.1. The molecule has 0 heterocycles. The van der Waals surface area contributed by atoms with E-state index in [0.29, 0.717) is 24.8 Å². The van der Waals surface area contributed by atoms with Crippen LogP contribution < -0.4 is 10.1 Å².